The van der Waals surface area contributed by atoms with Crippen LogP contribution in [0.3, 0.4) is 0 Å². The minimum absolute atomic E-state index is 0.597. The van der Waals surface area contributed by atoms with Gasteiger partial charge in [0, 0.05) is 18.7 Å². The minimum Gasteiger partial charge on any atom is -0.0622 e. The predicted molar refractivity (Wildman–Crippen MR) is 87.2 cm³/mol. The second-order valence-electron chi connectivity index (χ2n) is 5.80. The zero-order valence-electron chi connectivity index (χ0n) is 11.6. The Morgan fingerprint density at radius 1 is 0.842 bits per heavy atom. The van der Waals surface area contributed by atoms with E-state index in [1.165, 1.54) is 17.3 Å². The van der Waals surface area contributed by atoms with Crippen LogP contribution in [0, 0.1) is 0 Å². The summed E-state index contributed by atoms with van der Waals surface area (Å²) < 4.78 is 0. The average Bonchev–Trinajstić information content (AvgIpc) is 2.77. The number of benzene rings is 2. The Kier molecular flexibility index (Phi) is 3.29. The number of allylic oxidation sites excluding steroid dienone is 1. The van der Waals surface area contributed by atoms with Crippen LogP contribution in [0.4, 0.5) is 0 Å². The van der Waals surface area contributed by atoms with E-state index in [9.17, 15) is 0 Å². The van der Waals surface area contributed by atoms with E-state index in [2.05, 4.69) is 80.1 Å². The van der Waals surface area contributed by atoms with E-state index >= 15 is 0 Å². The van der Waals surface area contributed by atoms with Crippen LogP contribution in [-0.4, -0.2) is 19.5 Å². The molecule has 1 aliphatic rings. The Morgan fingerprint density at radius 3 is 2.05 bits per heavy atom. The van der Waals surface area contributed by atoms with Gasteiger partial charge in [-0.3, -0.25) is 0 Å². The lowest BCUT2D eigenvalue weighted by Gasteiger charge is -2.16. The molecule has 96 valence electrons. The predicted octanol–water partition coefficient (Wildman–Crippen LogP) is 5.10. The molecule has 0 saturated heterocycles. The Balaban J connectivity index is 1.99. The smallest absolute Gasteiger partial charge is 0.0622 e. The number of rotatable bonds is 2. The fourth-order valence-corrected chi connectivity index (χ4v) is 5.92. The lowest BCUT2D eigenvalue weighted by atomic mass is 10.00. The van der Waals surface area contributed by atoms with Gasteiger partial charge in [0.05, 0.1) is 24.8 Å². The summed E-state index contributed by atoms with van der Waals surface area (Å²) in [6.45, 7) is 4.93. The van der Waals surface area contributed by atoms with Gasteiger partial charge in [-0.1, -0.05) is 60.7 Å². The normalized spacial score (nSPS) is 21.2. The molecule has 1 heteroatoms. The molecule has 0 aliphatic carbocycles. The molecule has 1 aliphatic heterocycles. The van der Waals surface area contributed by atoms with Gasteiger partial charge in [-0.05, 0) is 11.6 Å². The van der Waals surface area contributed by atoms with Crippen molar-refractivity contribution in [1.29, 1.82) is 0 Å². The zero-order valence-corrected chi connectivity index (χ0v) is 12.5. The molecular weight excluding hydrogens is 247 g/mol. The first-order valence-electron chi connectivity index (χ1n) is 6.82. The number of hydrogen-bond donors (Lipinski definition) is 0. The molecule has 0 saturated carbocycles. The highest BCUT2D eigenvalue weighted by atomic mass is 31.2. The molecule has 0 spiro atoms. The third kappa shape index (κ3) is 2.51. The van der Waals surface area contributed by atoms with Crippen molar-refractivity contribution in [3.63, 3.8) is 0 Å². The van der Waals surface area contributed by atoms with Gasteiger partial charge < -0.3 is 0 Å². The van der Waals surface area contributed by atoms with Crippen molar-refractivity contribution in [2.24, 2.45) is 0 Å². The van der Waals surface area contributed by atoms with Gasteiger partial charge in [0.1, 0.15) is 0 Å². The van der Waals surface area contributed by atoms with Crippen molar-refractivity contribution in [3.8, 4) is 0 Å². The van der Waals surface area contributed by atoms with Crippen LogP contribution < -0.4 is 0 Å². The molecule has 1 heterocycles. The van der Waals surface area contributed by atoms with Crippen LogP contribution >= 0.6 is 7.26 Å². The molecule has 0 nitrogen and oxygen atoms in total. The summed E-state index contributed by atoms with van der Waals surface area (Å²) in [6, 6.07) is 21.8. The lowest BCUT2D eigenvalue weighted by molar-refractivity contribution is 0.992. The van der Waals surface area contributed by atoms with Gasteiger partial charge in [0.2, 0.25) is 0 Å². The summed E-state index contributed by atoms with van der Waals surface area (Å²) in [5, 5.41) is 1.60. The van der Waals surface area contributed by atoms with Crippen LogP contribution in [0.1, 0.15) is 17.0 Å². The zero-order chi connectivity index (χ0) is 13.3. The van der Waals surface area contributed by atoms with Gasteiger partial charge in [-0.25, -0.2) is 0 Å². The van der Waals surface area contributed by atoms with E-state index in [1.54, 1.807) is 5.31 Å². The van der Waals surface area contributed by atoms with Gasteiger partial charge >= 0.3 is 0 Å². The third-order valence-corrected chi connectivity index (χ3v) is 6.98. The molecule has 0 bridgehead atoms. The maximum Gasteiger partial charge on any atom is 0.0973 e. The molecule has 2 aromatic carbocycles. The second-order valence-corrected chi connectivity index (χ2v) is 10.0. The van der Waals surface area contributed by atoms with Crippen molar-refractivity contribution in [1.82, 2.24) is 0 Å². The minimum atomic E-state index is -0.986. The monoisotopic (exact) mass is 267 g/mol. The molecule has 19 heavy (non-hydrogen) atoms. The molecule has 1 atom stereocenters. The van der Waals surface area contributed by atoms with E-state index in [0.717, 1.165) is 0 Å². The summed E-state index contributed by atoms with van der Waals surface area (Å²) >= 11 is 0. The van der Waals surface area contributed by atoms with Crippen LogP contribution in [0.5, 0.6) is 0 Å². The summed E-state index contributed by atoms with van der Waals surface area (Å²) in [5.41, 5.74) is 2.88. The topological polar surface area (TPSA) is 0 Å². The van der Waals surface area contributed by atoms with E-state index in [-0.39, 0.29) is 0 Å². The number of hydrogen-bond acceptors (Lipinski definition) is 0. The Morgan fingerprint density at radius 2 is 1.42 bits per heavy atom. The maximum atomic E-state index is 2.51. The lowest BCUT2D eigenvalue weighted by Crippen LogP contribution is -1.98. The van der Waals surface area contributed by atoms with Crippen LogP contribution in [0.25, 0.3) is 5.31 Å². The van der Waals surface area contributed by atoms with Crippen molar-refractivity contribution < 1.29 is 0 Å². The van der Waals surface area contributed by atoms with Crippen molar-refractivity contribution in [2.45, 2.75) is 5.92 Å². The fourth-order valence-electron chi connectivity index (χ4n) is 2.99. The largest absolute Gasteiger partial charge is 0.0973 e. The van der Waals surface area contributed by atoms with E-state index in [0.29, 0.717) is 5.92 Å². The van der Waals surface area contributed by atoms with Gasteiger partial charge in [-0.15, -0.1) is 0 Å². The molecule has 0 fully saturated rings. The van der Waals surface area contributed by atoms with Crippen LogP contribution in [0.2, 0.25) is 0 Å². The highest BCUT2D eigenvalue weighted by Crippen LogP contribution is 2.69. The van der Waals surface area contributed by atoms with Crippen LogP contribution in [0.15, 0.2) is 66.7 Å². The first kappa shape index (κ1) is 12.6. The molecular formula is C18H20P+. The second kappa shape index (κ2) is 4.94. The molecule has 0 amide bonds. The molecule has 0 N–H and O–H groups in total. The van der Waals surface area contributed by atoms with Gasteiger partial charge in [0.25, 0.3) is 0 Å². The summed E-state index contributed by atoms with van der Waals surface area (Å²) in [4.78, 5) is 0. The average molecular weight is 267 g/mol. The van der Waals surface area contributed by atoms with Gasteiger partial charge in [0.15, 0.2) is 0 Å². The Labute approximate surface area is 116 Å². The molecule has 0 radical (unpaired) electrons. The van der Waals surface area contributed by atoms with Crippen molar-refractivity contribution >= 4 is 12.6 Å². The Bertz CT molecular complexity index is 582. The third-order valence-electron chi connectivity index (χ3n) is 3.96. The maximum absolute atomic E-state index is 2.51. The highest BCUT2D eigenvalue weighted by molar-refractivity contribution is 7.84. The van der Waals surface area contributed by atoms with Gasteiger partial charge in [-0.2, -0.15) is 0 Å². The summed E-state index contributed by atoms with van der Waals surface area (Å²) in [5.74, 6) is 0.597. The molecule has 2 aromatic rings. The van der Waals surface area contributed by atoms with E-state index in [4.69, 9.17) is 0 Å². The standard InChI is InChI=1S/C18H20P/c1-19(2)14-17(15-9-5-3-6-10-15)13-18(19)16-11-7-4-8-12-16/h3-13,17H,14H2,1-2H3/q+1. The first-order chi connectivity index (χ1) is 9.17. The summed E-state index contributed by atoms with van der Waals surface area (Å²) in [7, 11) is -0.986. The summed E-state index contributed by atoms with van der Waals surface area (Å²) in [6.07, 6.45) is 3.82. The first-order valence-corrected chi connectivity index (χ1v) is 9.69. The van der Waals surface area contributed by atoms with Crippen molar-refractivity contribution in [2.75, 3.05) is 19.5 Å². The van der Waals surface area contributed by atoms with Crippen molar-refractivity contribution in [3.05, 3.63) is 77.9 Å². The molecule has 3 rings (SSSR count). The quantitative estimate of drug-likeness (QED) is 0.664. The van der Waals surface area contributed by atoms with Crippen LogP contribution in [-0.2, 0) is 0 Å². The molecule has 0 aromatic heterocycles. The van der Waals surface area contributed by atoms with E-state index in [1.807, 2.05) is 0 Å². The fraction of sp³-hybridized carbons (Fsp3) is 0.222. The molecule has 1 unspecified atom stereocenters. The van der Waals surface area contributed by atoms with E-state index < -0.39 is 7.26 Å². The highest BCUT2D eigenvalue weighted by Gasteiger charge is 2.41. The Hall–Kier alpha value is -1.39. The SMILES string of the molecule is C[P+]1(C)CC(c2ccccc2)C=C1c1ccccc1.